The Labute approximate surface area is 120 Å². The molecule has 0 unspecified atom stereocenters. The molecule has 2 fully saturated rings. The van der Waals surface area contributed by atoms with Gasteiger partial charge in [-0.25, -0.2) is 4.79 Å². The van der Waals surface area contributed by atoms with E-state index in [1.165, 1.54) is 21.0 Å². The molecule has 0 aromatic heterocycles. The Morgan fingerprint density at radius 3 is 2.38 bits per heavy atom. The fraction of sp³-hybridized carbons (Fsp3) is 0.750. The first-order valence-corrected chi connectivity index (χ1v) is 6.28. The standard InChI is InChI=1S/C12H16O9/c1-5(13)17-4-7-8(18-6(2)14)9-10(11(16-3)19-7)21-12(15)20-9/h7-11H,4H2,1-3H3/t7-,8-,9+,10+,11+/m1/s1. The van der Waals surface area contributed by atoms with Crippen LogP contribution in [-0.4, -0.2) is 62.5 Å². The maximum Gasteiger partial charge on any atom is 0.509 e. The highest BCUT2D eigenvalue weighted by Crippen LogP contribution is 2.33. The lowest BCUT2D eigenvalue weighted by Crippen LogP contribution is -2.59. The maximum absolute atomic E-state index is 11.3. The van der Waals surface area contributed by atoms with Crippen molar-refractivity contribution in [1.29, 1.82) is 0 Å². The minimum absolute atomic E-state index is 0.173. The van der Waals surface area contributed by atoms with Crippen LogP contribution >= 0.6 is 0 Å². The van der Waals surface area contributed by atoms with Crippen LogP contribution in [0.15, 0.2) is 0 Å². The van der Waals surface area contributed by atoms with E-state index in [2.05, 4.69) is 0 Å². The Bertz CT molecular complexity index is 434. The molecule has 2 saturated heterocycles. The number of ether oxygens (including phenoxy) is 6. The highest BCUT2D eigenvalue weighted by atomic mass is 16.8. The molecular weight excluding hydrogens is 288 g/mol. The Morgan fingerprint density at radius 1 is 1.14 bits per heavy atom. The molecule has 0 N–H and O–H groups in total. The van der Waals surface area contributed by atoms with Gasteiger partial charge in [-0.15, -0.1) is 0 Å². The summed E-state index contributed by atoms with van der Waals surface area (Å²) in [5, 5.41) is 0. The molecule has 9 heteroatoms. The first kappa shape index (κ1) is 15.5. The van der Waals surface area contributed by atoms with Crippen molar-refractivity contribution in [3.63, 3.8) is 0 Å². The van der Waals surface area contributed by atoms with Gasteiger partial charge in [0.15, 0.2) is 24.6 Å². The second kappa shape index (κ2) is 6.27. The van der Waals surface area contributed by atoms with Crippen molar-refractivity contribution < 1.29 is 42.8 Å². The van der Waals surface area contributed by atoms with Gasteiger partial charge in [0.05, 0.1) is 0 Å². The molecular formula is C12H16O9. The second-order valence-electron chi connectivity index (χ2n) is 4.57. The number of rotatable bonds is 4. The first-order valence-electron chi connectivity index (χ1n) is 6.28. The summed E-state index contributed by atoms with van der Waals surface area (Å²) >= 11 is 0. The highest BCUT2D eigenvalue weighted by molar-refractivity contribution is 5.67. The molecule has 0 amide bonds. The predicted molar refractivity (Wildman–Crippen MR) is 63.0 cm³/mol. The van der Waals surface area contributed by atoms with E-state index in [4.69, 9.17) is 28.4 Å². The fourth-order valence-electron chi connectivity index (χ4n) is 2.25. The van der Waals surface area contributed by atoms with Gasteiger partial charge in [0.2, 0.25) is 0 Å². The van der Waals surface area contributed by atoms with E-state index in [1.54, 1.807) is 0 Å². The van der Waals surface area contributed by atoms with E-state index in [0.717, 1.165) is 0 Å². The van der Waals surface area contributed by atoms with E-state index in [-0.39, 0.29) is 6.61 Å². The van der Waals surface area contributed by atoms with Crippen molar-refractivity contribution in [1.82, 2.24) is 0 Å². The van der Waals surface area contributed by atoms with Crippen molar-refractivity contribution in [2.45, 2.75) is 44.6 Å². The lowest BCUT2D eigenvalue weighted by atomic mass is 9.99. The van der Waals surface area contributed by atoms with E-state index < -0.39 is 48.8 Å². The monoisotopic (exact) mass is 304 g/mol. The minimum atomic E-state index is -0.954. The predicted octanol–water partition coefficient (Wildman–Crippen LogP) is -0.243. The third kappa shape index (κ3) is 3.42. The lowest BCUT2D eigenvalue weighted by Gasteiger charge is -2.39. The van der Waals surface area contributed by atoms with Gasteiger partial charge in [-0.2, -0.15) is 0 Å². The third-order valence-corrected chi connectivity index (χ3v) is 3.04. The van der Waals surface area contributed by atoms with E-state index >= 15 is 0 Å². The van der Waals surface area contributed by atoms with Crippen molar-refractivity contribution >= 4 is 18.1 Å². The third-order valence-electron chi connectivity index (χ3n) is 3.04. The molecule has 0 aliphatic carbocycles. The molecule has 2 aliphatic heterocycles. The van der Waals surface area contributed by atoms with Crippen LogP contribution in [0, 0.1) is 0 Å². The normalized spacial score (nSPS) is 34.4. The zero-order valence-corrected chi connectivity index (χ0v) is 11.8. The Balaban J connectivity index is 2.18. The summed E-state index contributed by atoms with van der Waals surface area (Å²) in [5.41, 5.74) is 0. The molecule has 118 valence electrons. The van der Waals surface area contributed by atoms with Crippen LogP contribution in [0.1, 0.15) is 13.8 Å². The summed E-state index contributed by atoms with van der Waals surface area (Å²) in [4.78, 5) is 33.4. The highest BCUT2D eigenvalue weighted by Gasteiger charge is 2.56. The van der Waals surface area contributed by atoms with Crippen LogP contribution in [0.25, 0.3) is 0 Å². The average Bonchev–Trinajstić information content (AvgIpc) is 2.78. The van der Waals surface area contributed by atoms with Gasteiger partial charge < -0.3 is 28.4 Å². The molecule has 21 heavy (non-hydrogen) atoms. The molecule has 0 aromatic carbocycles. The molecule has 2 heterocycles. The van der Waals surface area contributed by atoms with Gasteiger partial charge >= 0.3 is 18.1 Å². The summed E-state index contributed by atoms with van der Waals surface area (Å²) in [7, 11) is 1.36. The van der Waals surface area contributed by atoms with E-state index in [1.807, 2.05) is 0 Å². The van der Waals surface area contributed by atoms with Gasteiger partial charge in [-0.05, 0) is 0 Å². The molecule has 9 nitrogen and oxygen atoms in total. The van der Waals surface area contributed by atoms with Crippen molar-refractivity contribution in [2.24, 2.45) is 0 Å². The summed E-state index contributed by atoms with van der Waals surface area (Å²) in [6.45, 7) is 2.27. The molecule has 0 saturated carbocycles. The van der Waals surface area contributed by atoms with Gasteiger partial charge in [-0.3, -0.25) is 9.59 Å². The number of methoxy groups -OCH3 is 1. The van der Waals surface area contributed by atoms with Gasteiger partial charge in [-0.1, -0.05) is 0 Å². The van der Waals surface area contributed by atoms with Gasteiger partial charge in [0.1, 0.15) is 12.7 Å². The number of fused-ring (bicyclic) bond motifs is 1. The Kier molecular flexibility index (Phi) is 4.63. The van der Waals surface area contributed by atoms with Crippen LogP contribution in [0.4, 0.5) is 4.79 Å². The molecule has 0 spiro atoms. The molecule has 2 rings (SSSR count). The van der Waals surface area contributed by atoms with Crippen LogP contribution in [0.5, 0.6) is 0 Å². The largest absolute Gasteiger partial charge is 0.509 e. The van der Waals surface area contributed by atoms with Crippen molar-refractivity contribution in [3.8, 4) is 0 Å². The van der Waals surface area contributed by atoms with Crippen molar-refractivity contribution in [2.75, 3.05) is 13.7 Å². The van der Waals surface area contributed by atoms with E-state index in [0.29, 0.717) is 0 Å². The number of hydrogen-bond donors (Lipinski definition) is 0. The summed E-state index contributed by atoms with van der Waals surface area (Å²) in [6.07, 6.45) is -5.35. The number of esters is 2. The smallest absolute Gasteiger partial charge is 0.463 e. The fourth-order valence-corrected chi connectivity index (χ4v) is 2.25. The second-order valence-corrected chi connectivity index (χ2v) is 4.57. The number of carbonyl (C=O) groups excluding carboxylic acids is 3. The zero-order valence-electron chi connectivity index (χ0n) is 11.8. The van der Waals surface area contributed by atoms with E-state index in [9.17, 15) is 14.4 Å². The van der Waals surface area contributed by atoms with Gasteiger partial charge in [0, 0.05) is 21.0 Å². The molecule has 0 radical (unpaired) electrons. The molecule has 2 aliphatic rings. The summed E-state index contributed by atoms with van der Waals surface area (Å²) < 4.78 is 30.6. The number of carbonyl (C=O) groups is 3. The maximum atomic E-state index is 11.3. The minimum Gasteiger partial charge on any atom is -0.463 e. The van der Waals surface area contributed by atoms with Crippen LogP contribution in [-0.2, 0) is 38.0 Å². The summed E-state index contributed by atoms with van der Waals surface area (Å²) in [5.74, 6) is -1.11. The molecule has 5 atom stereocenters. The lowest BCUT2D eigenvalue weighted by molar-refractivity contribution is -0.275. The van der Waals surface area contributed by atoms with Gasteiger partial charge in [0.25, 0.3) is 0 Å². The quantitative estimate of drug-likeness (QED) is 0.513. The van der Waals surface area contributed by atoms with Crippen LogP contribution in [0.2, 0.25) is 0 Å². The SMILES string of the molecule is CO[C@H]1O[C@H](COC(C)=O)[C@@H](OC(C)=O)[C@@H]2OC(=O)O[C@H]12. The van der Waals surface area contributed by atoms with Crippen molar-refractivity contribution in [3.05, 3.63) is 0 Å². The zero-order chi connectivity index (χ0) is 15.6. The Morgan fingerprint density at radius 2 is 1.81 bits per heavy atom. The molecule has 0 aromatic rings. The van der Waals surface area contributed by atoms with Crippen LogP contribution in [0.3, 0.4) is 0 Å². The number of hydrogen-bond acceptors (Lipinski definition) is 9. The van der Waals surface area contributed by atoms with Crippen LogP contribution < -0.4 is 0 Å². The first-order chi connectivity index (χ1) is 9.92. The topological polar surface area (TPSA) is 107 Å². The average molecular weight is 304 g/mol. The summed E-state index contributed by atoms with van der Waals surface area (Å²) in [6, 6.07) is 0. The molecule has 0 bridgehead atoms. The Hall–Kier alpha value is -1.87.